The van der Waals surface area contributed by atoms with Gasteiger partial charge < -0.3 is 10.6 Å². The van der Waals surface area contributed by atoms with E-state index < -0.39 is 10.5 Å². The minimum Gasteiger partial charge on any atom is -0.350 e. The molecule has 4 atom stereocenters. The van der Waals surface area contributed by atoms with Gasteiger partial charge in [-0.15, -0.1) is 0 Å². The molecule has 7 heteroatoms. The van der Waals surface area contributed by atoms with Crippen LogP contribution in [-0.4, -0.2) is 22.3 Å². The molecule has 1 aliphatic heterocycles. The van der Waals surface area contributed by atoms with Crippen LogP contribution in [0.1, 0.15) is 24.8 Å². The van der Waals surface area contributed by atoms with E-state index in [1.807, 2.05) is 0 Å². The first-order valence-corrected chi connectivity index (χ1v) is 7.84. The Morgan fingerprint density at radius 2 is 2.17 bits per heavy atom. The first-order chi connectivity index (χ1) is 11.0. The second kappa shape index (κ2) is 4.78. The molecule has 4 unspecified atom stereocenters. The molecule has 2 bridgehead atoms. The Labute approximate surface area is 132 Å². The fraction of sp³-hybridized carbons (Fsp3) is 0.500. The van der Waals surface area contributed by atoms with Crippen molar-refractivity contribution in [2.75, 3.05) is 0 Å². The van der Waals surface area contributed by atoms with Gasteiger partial charge in [0.2, 0.25) is 11.8 Å². The highest BCUT2D eigenvalue weighted by Gasteiger charge is 2.66. The Morgan fingerprint density at radius 3 is 2.91 bits per heavy atom. The van der Waals surface area contributed by atoms with E-state index in [0.29, 0.717) is 17.9 Å². The molecule has 1 saturated heterocycles. The third-order valence-corrected chi connectivity index (χ3v) is 5.62. The van der Waals surface area contributed by atoms with Crippen LogP contribution in [0.4, 0.5) is 5.69 Å². The number of hydrogen-bond donors (Lipinski definition) is 2. The maximum Gasteiger partial charge on any atom is 0.274 e. The van der Waals surface area contributed by atoms with Crippen LogP contribution in [0.15, 0.2) is 24.3 Å². The summed E-state index contributed by atoms with van der Waals surface area (Å²) in [5, 5.41) is 16.7. The normalized spacial score (nSPS) is 33.6. The van der Waals surface area contributed by atoms with Crippen LogP contribution < -0.4 is 10.6 Å². The van der Waals surface area contributed by atoms with Gasteiger partial charge >= 0.3 is 0 Å². The molecular weight excluding hydrogens is 298 g/mol. The Morgan fingerprint density at radius 1 is 1.39 bits per heavy atom. The lowest BCUT2D eigenvalue weighted by molar-refractivity contribution is -0.385. The Kier molecular flexibility index (Phi) is 2.94. The number of carbonyl (C=O) groups is 2. The van der Waals surface area contributed by atoms with Crippen LogP contribution in [0, 0.1) is 27.9 Å². The lowest BCUT2D eigenvalue weighted by atomic mass is 9.78. The third kappa shape index (κ3) is 1.95. The van der Waals surface area contributed by atoms with E-state index >= 15 is 0 Å². The lowest BCUT2D eigenvalue weighted by Crippen LogP contribution is -2.56. The van der Waals surface area contributed by atoms with E-state index in [-0.39, 0.29) is 35.9 Å². The van der Waals surface area contributed by atoms with Crippen LogP contribution in [0.2, 0.25) is 0 Å². The van der Waals surface area contributed by atoms with Gasteiger partial charge in [-0.2, -0.15) is 0 Å². The van der Waals surface area contributed by atoms with E-state index in [4.69, 9.17) is 0 Å². The predicted octanol–water partition coefficient (Wildman–Crippen LogP) is 1.13. The summed E-state index contributed by atoms with van der Waals surface area (Å²) in [7, 11) is 0. The highest BCUT2D eigenvalue weighted by atomic mass is 16.6. The number of rotatable bonds is 4. The quantitative estimate of drug-likeness (QED) is 0.642. The van der Waals surface area contributed by atoms with Crippen molar-refractivity contribution in [3.05, 3.63) is 39.9 Å². The smallest absolute Gasteiger partial charge is 0.274 e. The lowest BCUT2D eigenvalue weighted by Gasteiger charge is -2.30. The van der Waals surface area contributed by atoms with Crippen LogP contribution >= 0.6 is 0 Å². The molecule has 2 N–H and O–H groups in total. The van der Waals surface area contributed by atoms with Crippen LogP contribution in [0.5, 0.6) is 0 Å². The number of nitro groups is 1. The molecule has 0 spiro atoms. The number of benzene rings is 1. The molecule has 0 aromatic heterocycles. The number of nitro benzene ring substituents is 1. The van der Waals surface area contributed by atoms with Crippen molar-refractivity contribution in [3.8, 4) is 0 Å². The molecule has 1 aromatic rings. The maximum atomic E-state index is 12.7. The van der Waals surface area contributed by atoms with E-state index in [1.165, 1.54) is 6.07 Å². The number of carbonyl (C=O) groups excluding carboxylic acids is 2. The predicted molar refractivity (Wildman–Crippen MR) is 80.1 cm³/mol. The number of nitrogens with one attached hydrogen (secondary N) is 2. The van der Waals surface area contributed by atoms with Crippen LogP contribution in [0.3, 0.4) is 0 Å². The van der Waals surface area contributed by atoms with E-state index in [9.17, 15) is 19.7 Å². The third-order valence-electron chi connectivity index (χ3n) is 5.62. The van der Waals surface area contributed by atoms with Gasteiger partial charge in [-0.1, -0.05) is 18.2 Å². The summed E-state index contributed by atoms with van der Waals surface area (Å²) in [6, 6.07) is 6.36. The van der Waals surface area contributed by atoms with Gasteiger partial charge in [0.1, 0.15) is 5.54 Å². The Balaban J connectivity index is 1.52. The van der Waals surface area contributed by atoms with Crippen LogP contribution in [-0.2, 0) is 16.1 Å². The second-order valence-corrected chi connectivity index (χ2v) is 6.78. The highest BCUT2D eigenvalue weighted by Crippen LogP contribution is 2.57. The largest absolute Gasteiger partial charge is 0.350 e. The summed E-state index contributed by atoms with van der Waals surface area (Å²) in [4.78, 5) is 35.3. The summed E-state index contributed by atoms with van der Waals surface area (Å²) in [6.07, 6.45) is 2.49. The molecule has 2 saturated carbocycles. The summed E-state index contributed by atoms with van der Waals surface area (Å²) in [6.45, 7) is 0.0929. The topological polar surface area (TPSA) is 101 Å². The molecule has 3 aliphatic rings. The average Bonchev–Trinajstić information content (AvgIpc) is 3.14. The zero-order valence-corrected chi connectivity index (χ0v) is 12.5. The molecule has 2 aliphatic carbocycles. The summed E-state index contributed by atoms with van der Waals surface area (Å²) in [5.74, 6) is 0.242. The molecule has 120 valence electrons. The molecule has 4 rings (SSSR count). The molecule has 23 heavy (non-hydrogen) atoms. The fourth-order valence-corrected chi connectivity index (χ4v) is 4.70. The molecule has 2 amide bonds. The molecule has 7 nitrogen and oxygen atoms in total. The van der Waals surface area contributed by atoms with Gasteiger partial charge in [-0.25, -0.2) is 0 Å². The minimum absolute atomic E-state index is 0.00780. The fourth-order valence-electron chi connectivity index (χ4n) is 4.70. The van der Waals surface area contributed by atoms with Crippen LogP contribution in [0.25, 0.3) is 0 Å². The Hall–Kier alpha value is -2.44. The zero-order chi connectivity index (χ0) is 16.2. The summed E-state index contributed by atoms with van der Waals surface area (Å²) in [5.41, 5.74) is -0.341. The number of para-hydroxylation sites is 1. The molecule has 1 aromatic carbocycles. The van der Waals surface area contributed by atoms with Crippen molar-refractivity contribution in [3.63, 3.8) is 0 Å². The van der Waals surface area contributed by atoms with E-state index in [2.05, 4.69) is 10.6 Å². The van der Waals surface area contributed by atoms with Gasteiger partial charge in [0.25, 0.3) is 5.69 Å². The van der Waals surface area contributed by atoms with Gasteiger partial charge in [-0.3, -0.25) is 19.7 Å². The average molecular weight is 315 g/mol. The molecular formula is C16H17N3O4. The van der Waals surface area contributed by atoms with E-state index in [1.54, 1.807) is 18.2 Å². The standard InChI is InChI=1S/C16H17N3O4/c20-14-11-5-9-6-12(11)16(7-9,18-14)15(21)17-8-10-3-1-2-4-13(10)19(22)23/h1-4,9,11-12H,5-8H2,(H,17,21)(H,18,20). The van der Waals surface area contributed by atoms with Gasteiger partial charge in [0.05, 0.1) is 4.92 Å². The number of fused-ring (bicyclic) bond motifs is 1. The van der Waals surface area contributed by atoms with Gasteiger partial charge in [0, 0.05) is 30.0 Å². The zero-order valence-electron chi connectivity index (χ0n) is 12.5. The second-order valence-electron chi connectivity index (χ2n) is 6.78. The number of amides is 2. The van der Waals surface area contributed by atoms with Gasteiger partial charge in [0.15, 0.2) is 0 Å². The van der Waals surface area contributed by atoms with Crippen molar-refractivity contribution in [2.45, 2.75) is 31.3 Å². The Bertz CT molecular complexity index is 719. The molecule has 3 fully saturated rings. The minimum atomic E-state index is -0.797. The van der Waals surface area contributed by atoms with Crippen molar-refractivity contribution < 1.29 is 14.5 Å². The van der Waals surface area contributed by atoms with Crippen molar-refractivity contribution in [1.29, 1.82) is 0 Å². The van der Waals surface area contributed by atoms with Crippen molar-refractivity contribution in [2.24, 2.45) is 17.8 Å². The van der Waals surface area contributed by atoms with Crippen molar-refractivity contribution >= 4 is 17.5 Å². The summed E-state index contributed by atoms with van der Waals surface area (Å²) >= 11 is 0. The number of hydrogen-bond acceptors (Lipinski definition) is 4. The monoisotopic (exact) mass is 315 g/mol. The highest BCUT2D eigenvalue weighted by molar-refractivity contribution is 5.97. The summed E-state index contributed by atoms with van der Waals surface area (Å²) < 4.78 is 0. The van der Waals surface area contributed by atoms with Crippen molar-refractivity contribution in [1.82, 2.24) is 10.6 Å². The molecule has 1 heterocycles. The van der Waals surface area contributed by atoms with E-state index in [0.717, 1.165) is 12.8 Å². The number of nitrogens with zero attached hydrogens (tertiary/aromatic N) is 1. The SMILES string of the molecule is O=C1NC2(C(=O)NCc3ccccc3[N+](=O)[O-])CC3CC1C2C3. The van der Waals surface area contributed by atoms with Gasteiger partial charge in [-0.05, 0) is 25.2 Å². The maximum absolute atomic E-state index is 12.7. The first-order valence-electron chi connectivity index (χ1n) is 7.84. The molecule has 0 radical (unpaired) electrons. The first kappa shape index (κ1) is 14.2.